The molecule has 0 saturated carbocycles. The Morgan fingerprint density at radius 1 is 1.16 bits per heavy atom. The Morgan fingerprint density at radius 2 is 2.04 bits per heavy atom. The van der Waals surface area contributed by atoms with E-state index in [1.807, 2.05) is 30.3 Å². The lowest BCUT2D eigenvalue weighted by Gasteiger charge is -2.37. The molecule has 0 spiro atoms. The molecular weight excluding hydrogens is 316 g/mol. The van der Waals surface area contributed by atoms with E-state index < -0.39 is 0 Å². The van der Waals surface area contributed by atoms with Gasteiger partial charge in [-0.15, -0.1) is 0 Å². The molecule has 2 aliphatic heterocycles. The van der Waals surface area contributed by atoms with Crippen LogP contribution in [0.15, 0.2) is 34.9 Å². The van der Waals surface area contributed by atoms with E-state index in [4.69, 9.17) is 4.52 Å². The molecule has 2 fully saturated rings. The zero-order valence-corrected chi connectivity index (χ0v) is 14.4. The summed E-state index contributed by atoms with van der Waals surface area (Å²) in [6, 6.07) is 10.3. The Labute approximate surface area is 147 Å². The second-order valence-corrected chi connectivity index (χ2v) is 6.92. The Balaban J connectivity index is 1.32. The van der Waals surface area contributed by atoms with Crippen molar-refractivity contribution >= 4 is 5.91 Å². The van der Waals surface area contributed by atoms with Crippen LogP contribution < -0.4 is 0 Å². The highest BCUT2D eigenvalue weighted by molar-refractivity contribution is 5.78. The minimum Gasteiger partial charge on any atom is -0.339 e. The van der Waals surface area contributed by atoms with Crippen molar-refractivity contribution in [3.05, 3.63) is 36.2 Å². The summed E-state index contributed by atoms with van der Waals surface area (Å²) >= 11 is 0. The van der Waals surface area contributed by atoms with Crippen molar-refractivity contribution in [1.29, 1.82) is 0 Å². The first-order chi connectivity index (χ1) is 12.3. The summed E-state index contributed by atoms with van der Waals surface area (Å²) in [6.45, 7) is 3.88. The maximum absolute atomic E-state index is 12.0. The molecule has 6 nitrogen and oxygen atoms in total. The molecule has 2 saturated heterocycles. The van der Waals surface area contributed by atoms with Gasteiger partial charge in [-0.1, -0.05) is 35.5 Å². The number of amides is 1. The number of carbonyl (C=O) groups excluding carboxylic acids is 1. The first kappa shape index (κ1) is 16.3. The summed E-state index contributed by atoms with van der Waals surface area (Å²) < 4.78 is 5.40. The van der Waals surface area contributed by atoms with Crippen molar-refractivity contribution in [1.82, 2.24) is 19.9 Å². The van der Waals surface area contributed by atoms with Crippen LogP contribution >= 0.6 is 0 Å². The molecule has 0 aliphatic carbocycles. The van der Waals surface area contributed by atoms with Gasteiger partial charge in [0.25, 0.3) is 0 Å². The minimum atomic E-state index is 0.330. The zero-order valence-electron chi connectivity index (χ0n) is 14.4. The first-order valence-electron chi connectivity index (χ1n) is 9.19. The monoisotopic (exact) mass is 340 g/mol. The van der Waals surface area contributed by atoms with Crippen molar-refractivity contribution in [2.75, 3.05) is 26.2 Å². The predicted octanol–water partition coefficient (Wildman–Crippen LogP) is 2.37. The fourth-order valence-corrected chi connectivity index (χ4v) is 3.86. The molecule has 4 rings (SSSR count). The lowest BCUT2D eigenvalue weighted by molar-refractivity contribution is -0.130. The van der Waals surface area contributed by atoms with Crippen molar-refractivity contribution in [3.8, 4) is 11.4 Å². The molecule has 25 heavy (non-hydrogen) atoms. The third kappa shape index (κ3) is 3.74. The number of hydrogen-bond acceptors (Lipinski definition) is 5. The molecule has 0 radical (unpaired) electrons. The summed E-state index contributed by atoms with van der Waals surface area (Å²) in [5.74, 6) is 1.66. The van der Waals surface area contributed by atoms with Crippen molar-refractivity contribution < 1.29 is 9.32 Å². The summed E-state index contributed by atoms with van der Waals surface area (Å²) in [6.07, 6.45) is 4.76. The lowest BCUT2D eigenvalue weighted by atomic mass is 10.0. The molecule has 0 unspecified atom stereocenters. The van der Waals surface area contributed by atoms with Crippen LogP contribution in [-0.2, 0) is 11.2 Å². The first-order valence-corrected chi connectivity index (χ1v) is 9.19. The van der Waals surface area contributed by atoms with Crippen LogP contribution in [0.5, 0.6) is 0 Å². The summed E-state index contributed by atoms with van der Waals surface area (Å²) in [4.78, 5) is 21.0. The van der Waals surface area contributed by atoms with Gasteiger partial charge in [0.2, 0.25) is 17.6 Å². The number of aromatic nitrogens is 2. The maximum Gasteiger partial charge on any atom is 0.228 e. The van der Waals surface area contributed by atoms with E-state index in [1.54, 1.807) is 0 Å². The largest absolute Gasteiger partial charge is 0.339 e. The van der Waals surface area contributed by atoms with E-state index in [1.165, 1.54) is 0 Å². The van der Waals surface area contributed by atoms with Crippen LogP contribution in [-0.4, -0.2) is 58.1 Å². The second kappa shape index (κ2) is 7.35. The summed E-state index contributed by atoms with van der Waals surface area (Å²) in [7, 11) is 0. The minimum absolute atomic E-state index is 0.330. The van der Waals surface area contributed by atoms with Gasteiger partial charge in [-0.05, 0) is 25.8 Å². The molecule has 2 aliphatic rings. The SMILES string of the molecule is O=C1CCCN1[C@H]1CCCN(CCc2nc(-c3ccccc3)no2)C1. The number of rotatable bonds is 5. The molecule has 6 heteroatoms. The molecule has 3 heterocycles. The highest BCUT2D eigenvalue weighted by atomic mass is 16.5. The van der Waals surface area contributed by atoms with Gasteiger partial charge in [0.05, 0.1) is 0 Å². The van der Waals surface area contributed by atoms with Crippen molar-refractivity contribution in [3.63, 3.8) is 0 Å². The van der Waals surface area contributed by atoms with Gasteiger partial charge in [0, 0.05) is 44.1 Å². The number of nitrogens with zero attached hydrogens (tertiary/aromatic N) is 4. The van der Waals surface area contributed by atoms with Gasteiger partial charge >= 0.3 is 0 Å². The van der Waals surface area contributed by atoms with E-state index in [-0.39, 0.29) is 0 Å². The fraction of sp³-hybridized carbons (Fsp3) is 0.526. The number of hydrogen-bond donors (Lipinski definition) is 0. The molecule has 0 N–H and O–H groups in total. The van der Waals surface area contributed by atoms with Gasteiger partial charge in [-0.25, -0.2) is 0 Å². The average Bonchev–Trinajstić information content (AvgIpc) is 3.30. The molecule has 1 aromatic carbocycles. The Morgan fingerprint density at radius 3 is 2.84 bits per heavy atom. The molecule has 1 atom stereocenters. The highest BCUT2D eigenvalue weighted by Crippen LogP contribution is 2.22. The van der Waals surface area contributed by atoms with Gasteiger partial charge in [-0.3, -0.25) is 4.79 Å². The van der Waals surface area contributed by atoms with E-state index in [9.17, 15) is 4.79 Å². The Kier molecular flexibility index (Phi) is 4.78. The third-order valence-electron chi connectivity index (χ3n) is 5.17. The smallest absolute Gasteiger partial charge is 0.228 e. The van der Waals surface area contributed by atoms with Crippen LogP contribution in [0.4, 0.5) is 0 Å². The summed E-state index contributed by atoms with van der Waals surface area (Å²) in [5.41, 5.74) is 0.975. The summed E-state index contributed by atoms with van der Waals surface area (Å²) in [5, 5.41) is 4.08. The van der Waals surface area contributed by atoms with Gasteiger partial charge in [0.15, 0.2) is 0 Å². The quantitative estimate of drug-likeness (QED) is 0.836. The molecule has 0 bridgehead atoms. The topological polar surface area (TPSA) is 62.5 Å². The van der Waals surface area contributed by atoms with E-state index in [0.29, 0.717) is 23.7 Å². The highest BCUT2D eigenvalue weighted by Gasteiger charge is 2.31. The fourth-order valence-electron chi connectivity index (χ4n) is 3.86. The normalized spacial score (nSPS) is 21.8. The van der Waals surface area contributed by atoms with E-state index >= 15 is 0 Å². The zero-order chi connectivity index (χ0) is 17.1. The van der Waals surface area contributed by atoms with Gasteiger partial charge < -0.3 is 14.3 Å². The molecule has 2 aromatic rings. The van der Waals surface area contributed by atoms with Crippen LogP contribution in [0.2, 0.25) is 0 Å². The van der Waals surface area contributed by atoms with E-state index in [0.717, 1.165) is 63.8 Å². The third-order valence-corrected chi connectivity index (χ3v) is 5.17. The molecule has 1 aromatic heterocycles. The number of likely N-dealkylation sites (tertiary alicyclic amines) is 2. The maximum atomic E-state index is 12.0. The van der Waals surface area contributed by atoms with E-state index in [2.05, 4.69) is 19.9 Å². The standard InChI is InChI=1S/C19H24N4O2/c24-18-9-5-12-23(18)16-8-4-11-22(14-16)13-10-17-20-19(21-25-17)15-6-2-1-3-7-15/h1-3,6-7,16H,4-5,8-14H2/t16-/m0/s1. The number of carbonyl (C=O) groups is 1. The lowest BCUT2D eigenvalue weighted by Crippen LogP contribution is -2.48. The molecule has 1 amide bonds. The van der Waals surface area contributed by atoms with Crippen molar-refractivity contribution in [2.45, 2.75) is 38.1 Å². The number of piperidine rings is 1. The molecule has 132 valence electrons. The van der Waals surface area contributed by atoms with Crippen LogP contribution in [0, 0.1) is 0 Å². The van der Waals surface area contributed by atoms with Crippen LogP contribution in [0.25, 0.3) is 11.4 Å². The molecular formula is C19H24N4O2. The second-order valence-electron chi connectivity index (χ2n) is 6.92. The van der Waals surface area contributed by atoms with Crippen LogP contribution in [0.3, 0.4) is 0 Å². The van der Waals surface area contributed by atoms with Gasteiger partial charge in [0.1, 0.15) is 0 Å². The number of benzene rings is 1. The Hall–Kier alpha value is -2.21. The van der Waals surface area contributed by atoms with Gasteiger partial charge in [-0.2, -0.15) is 4.98 Å². The van der Waals surface area contributed by atoms with Crippen LogP contribution in [0.1, 0.15) is 31.6 Å². The Bertz CT molecular complexity index is 715. The van der Waals surface area contributed by atoms with Crippen molar-refractivity contribution in [2.24, 2.45) is 0 Å². The average molecular weight is 340 g/mol. The predicted molar refractivity (Wildman–Crippen MR) is 93.8 cm³/mol.